The number of nitrogens with two attached hydrogens (primary N) is 1. The number of nitro benzene ring substituents is 1. The van der Waals surface area contributed by atoms with Crippen LogP contribution in [0, 0.1) is 22.9 Å². The maximum Gasteiger partial charge on any atom is 0.272 e. The molecule has 0 fully saturated rings. The number of benzene rings is 1. The van der Waals surface area contributed by atoms with Crippen molar-refractivity contribution in [2.45, 2.75) is 13.5 Å². The van der Waals surface area contributed by atoms with Crippen molar-refractivity contribution in [2.24, 2.45) is 5.73 Å². The van der Waals surface area contributed by atoms with Gasteiger partial charge in [0.1, 0.15) is 5.82 Å². The van der Waals surface area contributed by atoms with E-state index in [1.54, 1.807) is 0 Å². The second-order valence-electron chi connectivity index (χ2n) is 2.69. The number of halogens is 1. The first-order valence-corrected chi connectivity index (χ1v) is 3.69. The Morgan fingerprint density at radius 3 is 2.69 bits per heavy atom. The molecule has 5 heteroatoms. The number of rotatable bonds is 2. The van der Waals surface area contributed by atoms with E-state index < -0.39 is 10.7 Å². The van der Waals surface area contributed by atoms with E-state index in [0.29, 0.717) is 5.56 Å². The minimum atomic E-state index is -0.548. The van der Waals surface area contributed by atoms with Crippen LogP contribution in [0.4, 0.5) is 10.1 Å². The van der Waals surface area contributed by atoms with Crippen LogP contribution in [0.15, 0.2) is 12.1 Å². The van der Waals surface area contributed by atoms with Gasteiger partial charge < -0.3 is 5.73 Å². The summed E-state index contributed by atoms with van der Waals surface area (Å²) in [6.07, 6.45) is 0. The van der Waals surface area contributed by atoms with Crippen LogP contribution in [-0.4, -0.2) is 4.92 Å². The molecule has 0 aromatic heterocycles. The molecule has 70 valence electrons. The van der Waals surface area contributed by atoms with Gasteiger partial charge in [0.2, 0.25) is 0 Å². The minimum absolute atomic E-state index is 0.0348. The second kappa shape index (κ2) is 3.49. The first-order chi connectivity index (χ1) is 6.06. The Bertz CT molecular complexity index is 352. The number of hydrogen-bond acceptors (Lipinski definition) is 3. The summed E-state index contributed by atoms with van der Waals surface area (Å²) in [5.74, 6) is -0.495. The molecular weight excluding hydrogens is 175 g/mol. The Balaban J connectivity index is 3.30. The van der Waals surface area contributed by atoms with E-state index in [9.17, 15) is 14.5 Å². The molecule has 0 bridgehead atoms. The molecule has 0 atom stereocenters. The lowest BCUT2D eigenvalue weighted by Crippen LogP contribution is -2.02. The van der Waals surface area contributed by atoms with E-state index in [-0.39, 0.29) is 17.8 Å². The van der Waals surface area contributed by atoms with Crippen LogP contribution in [0.3, 0.4) is 0 Å². The summed E-state index contributed by atoms with van der Waals surface area (Å²) >= 11 is 0. The highest BCUT2D eigenvalue weighted by Gasteiger charge is 2.14. The van der Waals surface area contributed by atoms with Gasteiger partial charge in [0.15, 0.2) is 0 Å². The highest BCUT2D eigenvalue weighted by Crippen LogP contribution is 2.21. The van der Waals surface area contributed by atoms with Crippen molar-refractivity contribution in [3.05, 3.63) is 39.2 Å². The van der Waals surface area contributed by atoms with E-state index >= 15 is 0 Å². The molecule has 0 unspecified atom stereocenters. The summed E-state index contributed by atoms with van der Waals surface area (Å²) in [4.78, 5) is 9.90. The van der Waals surface area contributed by atoms with E-state index in [2.05, 4.69) is 0 Å². The van der Waals surface area contributed by atoms with E-state index in [0.717, 1.165) is 6.07 Å². The Kier molecular flexibility index (Phi) is 2.57. The average Bonchev–Trinajstić information content (AvgIpc) is 2.03. The molecule has 0 saturated heterocycles. The van der Waals surface area contributed by atoms with Gasteiger partial charge in [-0.15, -0.1) is 0 Å². The van der Waals surface area contributed by atoms with Crippen LogP contribution in [0.2, 0.25) is 0 Å². The number of hydrogen-bond donors (Lipinski definition) is 1. The molecule has 0 heterocycles. The topological polar surface area (TPSA) is 69.2 Å². The van der Waals surface area contributed by atoms with Crippen LogP contribution in [0.25, 0.3) is 0 Å². The summed E-state index contributed by atoms with van der Waals surface area (Å²) in [6, 6.07) is 2.30. The maximum atomic E-state index is 13.0. The largest absolute Gasteiger partial charge is 0.326 e. The Morgan fingerprint density at radius 1 is 1.62 bits per heavy atom. The van der Waals surface area contributed by atoms with Gasteiger partial charge in [-0.25, -0.2) is 4.39 Å². The van der Waals surface area contributed by atoms with Crippen LogP contribution in [-0.2, 0) is 6.54 Å². The lowest BCUT2D eigenvalue weighted by Gasteiger charge is -2.01. The van der Waals surface area contributed by atoms with Gasteiger partial charge >= 0.3 is 0 Å². The fraction of sp³-hybridized carbons (Fsp3) is 0.250. The zero-order chi connectivity index (χ0) is 10.0. The lowest BCUT2D eigenvalue weighted by molar-refractivity contribution is -0.385. The highest BCUT2D eigenvalue weighted by atomic mass is 19.1. The van der Waals surface area contributed by atoms with Gasteiger partial charge in [0, 0.05) is 23.7 Å². The van der Waals surface area contributed by atoms with E-state index in [1.807, 2.05) is 0 Å². The molecule has 1 aromatic carbocycles. The fourth-order valence-electron chi connectivity index (χ4n) is 1.06. The monoisotopic (exact) mass is 184 g/mol. The van der Waals surface area contributed by atoms with Gasteiger partial charge in [0.05, 0.1) is 4.92 Å². The molecule has 0 amide bonds. The van der Waals surface area contributed by atoms with Gasteiger partial charge in [-0.05, 0) is 13.0 Å². The third-order valence-corrected chi connectivity index (χ3v) is 1.78. The third-order valence-electron chi connectivity index (χ3n) is 1.78. The molecule has 0 spiro atoms. The van der Waals surface area contributed by atoms with Crippen LogP contribution < -0.4 is 5.73 Å². The van der Waals surface area contributed by atoms with Crippen LogP contribution in [0.1, 0.15) is 11.1 Å². The summed E-state index contributed by atoms with van der Waals surface area (Å²) in [5.41, 5.74) is 5.58. The molecule has 0 aliphatic heterocycles. The molecule has 4 nitrogen and oxygen atoms in total. The molecule has 13 heavy (non-hydrogen) atoms. The van der Waals surface area contributed by atoms with Crippen molar-refractivity contribution >= 4 is 5.69 Å². The van der Waals surface area contributed by atoms with Crippen molar-refractivity contribution in [3.63, 3.8) is 0 Å². The molecule has 0 aliphatic carbocycles. The number of aryl methyl sites for hydroxylation is 1. The molecule has 2 N–H and O–H groups in total. The predicted molar refractivity (Wildman–Crippen MR) is 45.7 cm³/mol. The van der Waals surface area contributed by atoms with Crippen molar-refractivity contribution < 1.29 is 9.31 Å². The second-order valence-corrected chi connectivity index (χ2v) is 2.69. The first-order valence-electron chi connectivity index (χ1n) is 3.69. The molecular formula is C8H9FN2O2. The summed E-state index contributed by atoms with van der Waals surface area (Å²) in [6.45, 7) is 1.45. The number of nitro groups is 1. The summed E-state index contributed by atoms with van der Waals surface area (Å²) in [5, 5.41) is 10.4. The number of nitrogens with zero attached hydrogens (tertiary/aromatic N) is 1. The third kappa shape index (κ3) is 1.81. The van der Waals surface area contributed by atoms with Gasteiger partial charge in [-0.2, -0.15) is 0 Å². The normalized spacial score (nSPS) is 10.1. The highest BCUT2D eigenvalue weighted by molar-refractivity contribution is 5.43. The molecule has 0 aliphatic rings. The minimum Gasteiger partial charge on any atom is -0.326 e. The maximum absolute atomic E-state index is 13.0. The Labute approximate surface area is 74.3 Å². The zero-order valence-electron chi connectivity index (χ0n) is 7.08. The Hall–Kier alpha value is -1.49. The summed E-state index contributed by atoms with van der Waals surface area (Å²) < 4.78 is 13.0. The average molecular weight is 184 g/mol. The smallest absolute Gasteiger partial charge is 0.272 e. The molecule has 1 rings (SSSR count). The first kappa shape index (κ1) is 9.60. The van der Waals surface area contributed by atoms with Gasteiger partial charge in [-0.1, -0.05) is 0 Å². The standard InChI is InChI=1S/C8H9FN2O2/c1-5-2-7(9)6(4-10)3-8(5)11(12)13/h2-3H,4,10H2,1H3. The van der Waals surface area contributed by atoms with Gasteiger partial charge in [0.25, 0.3) is 5.69 Å². The van der Waals surface area contributed by atoms with Crippen LogP contribution >= 0.6 is 0 Å². The van der Waals surface area contributed by atoms with E-state index in [4.69, 9.17) is 5.73 Å². The SMILES string of the molecule is Cc1cc(F)c(CN)cc1[N+](=O)[O-]. The predicted octanol–water partition coefficient (Wildman–Crippen LogP) is 1.50. The Morgan fingerprint density at radius 2 is 2.23 bits per heavy atom. The molecule has 0 saturated carbocycles. The zero-order valence-corrected chi connectivity index (χ0v) is 7.08. The van der Waals surface area contributed by atoms with Crippen molar-refractivity contribution in [1.29, 1.82) is 0 Å². The quantitative estimate of drug-likeness (QED) is 0.559. The van der Waals surface area contributed by atoms with Crippen molar-refractivity contribution in [1.82, 2.24) is 0 Å². The lowest BCUT2D eigenvalue weighted by atomic mass is 10.1. The summed E-state index contributed by atoms with van der Waals surface area (Å²) in [7, 11) is 0. The fourth-order valence-corrected chi connectivity index (χ4v) is 1.06. The molecule has 1 aromatic rings. The van der Waals surface area contributed by atoms with E-state index in [1.165, 1.54) is 13.0 Å². The van der Waals surface area contributed by atoms with Crippen molar-refractivity contribution in [2.75, 3.05) is 0 Å². The van der Waals surface area contributed by atoms with Crippen LogP contribution in [0.5, 0.6) is 0 Å². The van der Waals surface area contributed by atoms with Gasteiger partial charge in [-0.3, -0.25) is 10.1 Å². The van der Waals surface area contributed by atoms with Crippen molar-refractivity contribution in [3.8, 4) is 0 Å². The molecule has 0 radical (unpaired) electrons.